The van der Waals surface area contributed by atoms with Crippen LogP contribution in [0.1, 0.15) is 45.3 Å². The minimum absolute atomic E-state index is 0.101. The summed E-state index contributed by atoms with van der Waals surface area (Å²) in [5.41, 5.74) is -0.372. The maximum Gasteiger partial charge on any atom is 0.313 e. The zero-order valence-corrected chi connectivity index (χ0v) is 28.3. The number of carbonyl (C=O) groups is 4. The van der Waals surface area contributed by atoms with Gasteiger partial charge in [0.1, 0.15) is 23.7 Å². The van der Waals surface area contributed by atoms with Crippen LogP contribution in [0.3, 0.4) is 0 Å². The van der Waals surface area contributed by atoms with Gasteiger partial charge >= 0.3 is 5.97 Å². The van der Waals surface area contributed by atoms with Crippen LogP contribution in [0.4, 0.5) is 5.69 Å². The van der Waals surface area contributed by atoms with Crippen molar-refractivity contribution in [3.8, 4) is 0 Å². The summed E-state index contributed by atoms with van der Waals surface area (Å²) in [6.45, 7) is 5.34. The summed E-state index contributed by atoms with van der Waals surface area (Å²) in [4.78, 5) is 61.9. The zero-order valence-electron chi connectivity index (χ0n) is 27.6. The number of nitrogens with zero attached hydrogens (tertiary/aromatic N) is 3. The lowest BCUT2D eigenvalue weighted by molar-refractivity contribution is -0.164. The fourth-order valence-corrected chi connectivity index (χ4v) is 7.93. The van der Waals surface area contributed by atoms with E-state index in [2.05, 4.69) is 0 Å². The van der Waals surface area contributed by atoms with Crippen LogP contribution in [0, 0.1) is 17.8 Å². The van der Waals surface area contributed by atoms with Gasteiger partial charge in [-0.05, 0) is 37.0 Å². The Morgan fingerprint density at radius 3 is 2.40 bits per heavy atom. The first-order chi connectivity index (χ1) is 23.0. The van der Waals surface area contributed by atoms with Gasteiger partial charge in [0, 0.05) is 20.0 Å². The number of likely N-dealkylation sites (tertiary alicyclic amines) is 1. The van der Waals surface area contributed by atoms with E-state index >= 15 is 0 Å². The van der Waals surface area contributed by atoms with Gasteiger partial charge in [-0.3, -0.25) is 19.2 Å². The highest BCUT2D eigenvalue weighted by molar-refractivity contribution is 6.34. The highest BCUT2D eigenvalue weighted by Crippen LogP contribution is 2.54. The molecule has 3 amide bonds. The number of para-hydroxylation sites is 1. The van der Waals surface area contributed by atoms with Crippen LogP contribution in [-0.4, -0.2) is 88.6 Å². The monoisotopic (exact) mass is 675 g/mol. The van der Waals surface area contributed by atoms with E-state index in [9.17, 15) is 24.3 Å². The number of cyclic esters (lactones) is 1. The Hall–Kier alpha value is -3.99. The number of halogens is 1. The van der Waals surface area contributed by atoms with E-state index in [0.29, 0.717) is 22.7 Å². The van der Waals surface area contributed by atoms with Gasteiger partial charge in [0.15, 0.2) is 0 Å². The molecule has 4 aliphatic rings. The third kappa shape index (κ3) is 5.63. The van der Waals surface area contributed by atoms with Gasteiger partial charge in [0.2, 0.25) is 11.8 Å². The minimum Gasteiger partial charge on any atom is -0.455 e. The minimum atomic E-state index is -1.55. The lowest BCUT2D eigenvalue weighted by Gasteiger charge is -2.40. The lowest BCUT2D eigenvalue weighted by atomic mass is 9.77. The molecule has 6 rings (SSSR count). The van der Waals surface area contributed by atoms with Crippen LogP contribution < -0.4 is 4.90 Å². The number of hydrogen-bond donors (Lipinski definition) is 1. The number of anilines is 1. The summed E-state index contributed by atoms with van der Waals surface area (Å²) in [6, 6.07) is 13.7. The summed E-state index contributed by atoms with van der Waals surface area (Å²) in [5.74, 6) is -4.13. The van der Waals surface area contributed by atoms with Crippen molar-refractivity contribution in [2.45, 2.75) is 69.5 Å². The van der Waals surface area contributed by atoms with Gasteiger partial charge in [-0.15, -0.1) is 0 Å². The molecule has 0 radical (unpaired) electrons. The van der Waals surface area contributed by atoms with Crippen molar-refractivity contribution in [2.24, 2.45) is 17.8 Å². The Balaban J connectivity index is 1.49. The first-order valence-electron chi connectivity index (χ1n) is 16.5. The summed E-state index contributed by atoms with van der Waals surface area (Å²) in [5, 5.41) is 11.0. The van der Waals surface area contributed by atoms with Crippen molar-refractivity contribution < 1.29 is 33.8 Å². The fourth-order valence-electron chi connectivity index (χ4n) is 7.69. The molecular formula is C37H42ClN3O7. The maximum absolute atomic E-state index is 14.8. The Morgan fingerprint density at radius 2 is 1.71 bits per heavy atom. The molecule has 10 nitrogen and oxygen atoms in total. The Bertz CT molecular complexity index is 1630. The van der Waals surface area contributed by atoms with Crippen LogP contribution in [-0.2, 0) is 28.7 Å². The first-order valence-corrected chi connectivity index (χ1v) is 16.9. The highest BCUT2D eigenvalue weighted by Gasteiger charge is 2.73. The van der Waals surface area contributed by atoms with Crippen LogP contribution in [0.15, 0.2) is 78.9 Å². The van der Waals surface area contributed by atoms with Crippen LogP contribution >= 0.6 is 11.6 Å². The van der Waals surface area contributed by atoms with Crippen molar-refractivity contribution in [3.63, 3.8) is 0 Å². The fraction of sp³-hybridized carbons (Fsp3) is 0.459. The number of benzene rings is 2. The molecule has 4 heterocycles. The Morgan fingerprint density at radius 1 is 1.00 bits per heavy atom. The van der Waals surface area contributed by atoms with Crippen LogP contribution in [0.2, 0.25) is 5.02 Å². The summed E-state index contributed by atoms with van der Waals surface area (Å²) in [6.07, 6.45) is 5.88. The zero-order chi connectivity index (χ0) is 34.3. The average molecular weight is 676 g/mol. The normalized spacial score (nSPS) is 32.2. The van der Waals surface area contributed by atoms with Crippen molar-refractivity contribution in [2.75, 3.05) is 25.1 Å². The van der Waals surface area contributed by atoms with Gasteiger partial charge in [-0.25, -0.2) is 0 Å². The molecule has 4 aliphatic heterocycles. The number of hydrogen-bond acceptors (Lipinski definition) is 7. The quantitative estimate of drug-likeness (QED) is 0.371. The third-order valence-corrected chi connectivity index (χ3v) is 10.6. The molecule has 0 bridgehead atoms. The smallest absolute Gasteiger partial charge is 0.313 e. The molecule has 2 saturated heterocycles. The Kier molecular flexibility index (Phi) is 9.53. The predicted octanol–water partition coefficient (Wildman–Crippen LogP) is 4.32. The lowest BCUT2D eigenvalue weighted by Crippen LogP contribution is -2.59. The molecule has 254 valence electrons. The number of esters is 1. The third-order valence-electron chi connectivity index (χ3n) is 10.3. The van der Waals surface area contributed by atoms with Crippen LogP contribution in [0.5, 0.6) is 0 Å². The SMILES string of the molecule is CC(C)[C@H](CO)N1C(=O)[C@@H]2[C@H]3C(=O)O[C@H](c4ccccc4)[C@@H](C)N(C)C(=O)CC/C=C\[C@H]3O[C@@]23C=CCN(c2ccccc2Cl)C(=O)[C@@H]13. The molecule has 8 atom stereocenters. The molecule has 2 fully saturated rings. The standard InChI is InChI=1S/C37H42ClN3O7/c1-22(2)27(21-42)41-33-35(45)40(26-16-9-8-15-25(26)38)20-12-19-37(33)31(34(41)44)30-28(48-37)17-10-11-18-29(43)39(4)23(3)32(47-36(30)46)24-13-6-5-7-14-24/h5-10,12-17,19,22-23,27-28,30-33,42H,11,18,20-21H2,1-4H3/b17-10-/t23-,27+,28-,30+,31+,32+,33-,37+/m1/s1. The number of likely N-dealkylation sites (N-methyl/N-ethyl adjacent to an activating group) is 1. The second-order valence-corrected chi connectivity index (χ2v) is 13.8. The van der Waals surface area contributed by atoms with Gasteiger partial charge in [0.05, 0.1) is 41.4 Å². The van der Waals surface area contributed by atoms with E-state index < -0.39 is 72.2 Å². The number of ether oxygens (including phenoxy) is 2. The molecule has 2 aromatic carbocycles. The molecule has 0 aliphatic carbocycles. The number of amides is 3. The van der Waals surface area contributed by atoms with Crippen LogP contribution in [0.25, 0.3) is 0 Å². The number of aliphatic hydroxyl groups is 1. The molecule has 11 heteroatoms. The van der Waals surface area contributed by atoms with Gasteiger partial charge in [0.25, 0.3) is 5.91 Å². The van der Waals surface area contributed by atoms with Gasteiger partial charge in [-0.2, -0.15) is 0 Å². The topological polar surface area (TPSA) is 117 Å². The van der Waals surface area contributed by atoms with E-state index in [1.165, 1.54) is 9.80 Å². The number of aliphatic hydroxyl groups excluding tert-OH is 1. The van der Waals surface area contributed by atoms with E-state index in [-0.39, 0.29) is 24.8 Å². The molecule has 0 unspecified atom stereocenters. The highest BCUT2D eigenvalue weighted by atomic mass is 35.5. The number of fused-ring (bicyclic) bond motifs is 2. The average Bonchev–Trinajstić information content (AvgIpc) is 3.46. The summed E-state index contributed by atoms with van der Waals surface area (Å²) >= 11 is 6.58. The predicted molar refractivity (Wildman–Crippen MR) is 180 cm³/mol. The molecule has 1 N–H and O–H groups in total. The van der Waals surface area contributed by atoms with Crippen molar-refractivity contribution in [1.82, 2.24) is 9.80 Å². The van der Waals surface area contributed by atoms with Crippen molar-refractivity contribution in [1.29, 1.82) is 0 Å². The summed E-state index contributed by atoms with van der Waals surface area (Å²) < 4.78 is 13.1. The molecular weight excluding hydrogens is 634 g/mol. The Labute approximate surface area is 285 Å². The number of allylic oxidation sites excluding steroid dienone is 1. The molecule has 48 heavy (non-hydrogen) atoms. The van der Waals surface area contributed by atoms with Gasteiger partial charge < -0.3 is 29.3 Å². The van der Waals surface area contributed by atoms with E-state index in [0.717, 1.165) is 0 Å². The molecule has 1 spiro atoms. The van der Waals surface area contributed by atoms with Gasteiger partial charge in [-0.1, -0.05) is 92.2 Å². The van der Waals surface area contributed by atoms with E-state index in [1.54, 1.807) is 60.5 Å². The second-order valence-electron chi connectivity index (χ2n) is 13.4. The largest absolute Gasteiger partial charge is 0.455 e. The van der Waals surface area contributed by atoms with Crippen molar-refractivity contribution >= 4 is 41.0 Å². The van der Waals surface area contributed by atoms with E-state index in [1.807, 2.05) is 51.1 Å². The van der Waals surface area contributed by atoms with Crippen molar-refractivity contribution in [3.05, 3.63) is 89.5 Å². The second kappa shape index (κ2) is 13.5. The maximum atomic E-state index is 14.8. The number of rotatable bonds is 5. The molecule has 0 aromatic heterocycles. The molecule has 2 aromatic rings. The number of carbonyl (C=O) groups excluding carboxylic acids is 4. The molecule has 0 saturated carbocycles. The first kappa shape index (κ1) is 33.9. The van der Waals surface area contributed by atoms with E-state index in [4.69, 9.17) is 21.1 Å². The summed E-state index contributed by atoms with van der Waals surface area (Å²) in [7, 11) is 1.69.